The number of benzene rings is 3. The molecule has 1 aliphatic rings. The number of para-hydroxylation sites is 1. The number of esters is 1. The van der Waals surface area contributed by atoms with E-state index in [9.17, 15) is 9.59 Å². The molecule has 1 fully saturated rings. The summed E-state index contributed by atoms with van der Waals surface area (Å²) >= 11 is 7.30. The highest BCUT2D eigenvalue weighted by molar-refractivity contribution is 8.18. The van der Waals surface area contributed by atoms with E-state index in [1.165, 1.54) is 11.8 Å². The molecular formula is C23H15ClN2O3S. The fourth-order valence-corrected chi connectivity index (χ4v) is 3.73. The minimum Gasteiger partial charge on any atom is -0.423 e. The van der Waals surface area contributed by atoms with Crippen molar-refractivity contribution in [3.63, 3.8) is 0 Å². The van der Waals surface area contributed by atoms with Gasteiger partial charge in [-0.1, -0.05) is 54.1 Å². The summed E-state index contributed by atoms with van der Waals surface area (Å²) in [5.41, 5.74) is 1.87. The maximum absolute atomic E-state index is 12.2. The zero-order chi connectivity index (χ0) is 20.9. The molecule has 0 bridgehead atoms. The van der Waals surface area contributed by atoms with Crippen LogP contribution in [0.4, 0.5) is 5.69 Å². The summed E-state index contributed by atoms with van der Waals surface area (Å²) in [5.74, 6) is -0.347. The smallest absolute Gasteiger partial charge is 0.345 e. The number of halogens is 1. The van der Waals surface area contributed by atoms with E-state index >= 15 is 0 Å². The van der Waals surface area contributed by atoms with E-state index < -0.39 is 5.97 Å². The maximum atomic E-state index is 12.2. The number of nitrogens with one attached hydrogen (secondary N) is 1. The minimum atomic E-state index is -0.529. The zero-order valence-electron chi connectivity index (χ0n) is 15.5. The molecule has 4 rings (SSSR count). The van der Waals surface area contributed by atoms with Gasteiger partial charge in [-0.2, -0.15) is 0 Å². The van der Waals surface area contributed by atoms with Crippen molar-refractivity contribution in [2.45, 2.75) is 0 Å². The van der Waals surface area contributed by atoms with E-state index in [-0.39, 0.29) is 5.91 Å². The first-order chi connectivity index (χ1) is 14.6. The van der Waals surface area contributed by atoms with Gasteiger partial charge in [-0.15, -0.1) is 0 Å². The lowest BCUT2D eigenvalue weighted by atomic mass is 10.2. The summed E-state index contributed by atoms with van der Waals surface area (Å²) in [6, 6.07) is 23.0. The third-order valence-electron chi connectivity index (χ3n) is 4.12. The maximum Gasteiger partial charge on any atom is 0.345 e. The van der Waals surface area contributed by atoms with Crippen LogP contribution in [0.3, 0.4) is 0 Å². The van der Waals surface area contributed by atoms with Crippen molar-refractivity contribution in [3.8, 4) is 5.75 Å². The summed E-state index contributed by atoms with van der Waals surface area (Å²) in [4.78, 5) is 29.4. The molecule has 0 atom stereocenters. The lowest BCUT2D eigenvalue weighted by Crippen LogP contribution is -2.19. The molecule has 3 aromatic carbocycles. The van der Waals surface area contributed by atoms with Crippen molar-refractivity contribution in [2.24, 2.45) is 4.99 Å². The van der Waals surface area contributed by atoms with E-state index in [2.05, 4.69) is 10.3 Å². The molecule has 30 heavy (non-hydrogen) atoms. The van der Waals surface area contributed by atoms with Crippen LogP contribution in [-0.2, 0) is 4.79 Å². The van der Waals surface area contributed by atoms with Crippen molar-refractivity contribution in [1.29, 1.82) is 0 Å². The number of amides is 1. The Bertz CT molecular complexity index is 1160. The van der Waals surface area contributed by atoms with Crippen molar-refractivity contribution in [3.05, 3.63) is 99.9 Å². The second-order valence-electron chi connectivity index (χ2n) is 6.26. The number of nitrogens with zero attached hydrogens (tertiary/aromatic N) is 1. The average molecular weight is 435 g/mol. The summed E-state index contributed by atoms with van der Waals surface area (Å²) < 4.78 is 5.36. The Balaban J connectivity index is 1.45. The van der Waals surface area contributed by atoms with Gasteiger partial charge in [0.05, 0.1) is 21.2 Å². The van der Waals surface area contributed by atoms with E-state index in [1.54, 1.807) is 54.6 Å². The van der Waals surface area contributed by atoms with Gasteiger partial charge in [0.25, 0.3) is 5.91 Å². The second-order valence-corrected chi connectivity index (χ2v) is 7.69. The van der Waals surface area contributed by atoms with Gasteiger partial charge in [0.1, 0.15) is 5.75 Å². The Kier molecular flexibility index (Phi) is 5.97. The molecule has 0 spiro atoms. The first-order valence-corrected chi connectivity index (χ1v) is 10.2. The van der Waals surface area contributed by atoms with Gasteiger partial charge in [0, 0.05) is 0 Å². The molecule has 7 heteroatoms. The normalized spacial score (nSPS) is 16.0. The molecule has 1 aliphatic heterocycles. The number of amidine groups is 1. The highest BCUT2D eigenvalue weighted by Gasteiger charge is 2.23. The minimum absolute atomic E-state index is 0.205. The molecular weight excluding hydrogens is 420 g/mol. The molecule has 0 aromatic heterocycles. The fraction of sp³-hybridized carbons (Fsp3) is 0. The number of hydrogen-bond donors (Lipinski definition) is 1. The monoisotopic (exact) mass is 434 g/mol. The number of carbonyl (C=O) groups excluding carboxylic acids is 2. The first kappa shape index (κ1) is 19.9. The third-order valence-corrected chi connectivity index (χ3v) is 5.36. The van der Waals surface area contributed by atoms with E-state index in [0.29, 0.717) is 26.4 Å². The van der Waals surface area contributed by atoms with E-state index in [4.69, 9.17) is 16.3 Å². The molecule has 1 saturated heterocycles. The lowest BCUT2D eigenvalue weighted by Gasteiger charge is -2.06. The number of rotatable bonds is 4. The van der Waals surface area contributed by atoms with E-state index in [1.807, 2.05) is 30.3 Å². The highest BCUT2D eigenvalue weighted by atomic mass is 35.5. The van der Waals surface area contributed by atoms with Gasteiger partial charge < -0.3 is 10.1 Å². The van der Waals surface area contributed by atoms with Gasteiger partial charge >= 0.3 is 5.97 Å². The third kappa shape index (κ3) is 4.79. The molecule has 0 radical (unpaired) electrons. The van der Waals surface area contributed by atoms with E-state index in [0.717, 1.165) is 11.3 Å². The standard InChI is InChI=1S/C23H15ClN2O3S/c24-19-9-5-4-8-18(19)22(28)29-17-12-10-15(11-13-17)14-20-21(27)26-23(30-20)25-16-6-2-1-3-7-16/h1-14H,(H,25,26,27). The Hall–Kier alpha value is -3.35. The van der Waals surface area contributed by atoms with Crippen LogP contribution in [0.25, 0.3) is 6.08 Å². The molecule has 0 aliphatic carbocycles. The number of carbonyl (C=O) groups is 2. The largest absolute Gasteiger partial charge is 0.423 e. The van der Waals surface area contributed by atoms with Crippen molar-refractivity contribution in [2.75, 3.05) is 0 Å². The molecule has 148 valence electrons. The second kappa shape index (κ2) is 8.98. The fourth-order valence-electron chi connectivity index (χ4n) is 2.67. The van der Waals surface area contributed by atoms with Gasteiger partial charge in [-0.3, -0.25) is 4.79 Å². The van der Waals surface area contributed by atoms with Crippen LogP contribution in [0, 0.1) is 0 Å². The van der Waals surface area contributed by atoms with Crippen molar-refractivity contribution >= 4 is 52.2 Å². The van der Waals surface area contributed by atoms with Gasteiger partial charge in [-0.05, 0) is 59.8 Å². The molecule has 0 saturated carbocycles. The first-order valence-electron chi connectivity index (χ1n) is 9.00. The molecule has 1 amide bonds. The highest BCUT2D eigenvalue weighted by Crippen LogP contribution is 2.28. The van der Waals surface area contributed by atoms with Crippen LogP contribution in [0.1, 0.15) is 15.9 Å². The molecule has 3 aromatic rings. The summed E-state index contributed by atoms with van der Waals surface area (Å²) in [5, 5.41) is 3.62. The van der Waals surface area contributed by atoms with Crippen LogP contribution in [0.2, 0.25) is 5.02 Å². The lowest BCUT2D eigenvalue weighted by molar-refractivity contribution is -0.115. The van der Waals surface area contributed by atoms with Crippen LogP contribution >= 0.6 is 23.4 Å². The van der Waals surface area contributed by atoms with Crippen LogP contribution in [-0.4, -0.2) is 17.0 Å². The Morgan fingerprint density at radius 1 is 0.967 bits per heavy atom. The summed E-state index contributed by atoms with van der Waals surface area (Å²) in [6.07, 6.45) is 1.76. The Labute approximate surface area is 182 Å². The molecule has 1 N–H and O–H groups in total. The molecule has 5 nitrogen and oxygen atoms in total. The van der Waals surface area contributed by atoms with Crippen LogP contribution in [0.15, 0.2) is 88.8 Å². The predicted molar refractivity (Wildman–Crippen MR) is 120 cm³/mol. The number of aliphatic imine (C=N–C) groups is 1. The number of ether oxygens (including phenoxy) is 1. The molecule has 0 unspecified atom stereocenters. The van der Waals surface area contributed by atoms with Gasteiger partial charge in [0.2, 0.25) is 0 Å². The molecule has 1 heterocycles. The summed E-state index contributed by atoms with van der Waals surface area (Å²) in [7, 11) is 0. The predicted octanol–water partition coefficient (Wildman–Crippen LogP) is 5.45. The Morgan fingerprint density at radius 3 is 2.40 bits per heavy atom. The zero-order valence-corrected chi connectivity index (χ0v) is 17.1. The van der Waals surface area contributed by atoms with Gasteiger partial charge in [0.15, 0.2) is 5.17 Å². The topological polar surface area (TPSA) is 67.8 Å². The van der Waals surface area contributed by atoms with Gasteiger partial charge in [-0.25, -0.2) is 9.79 Å². The SMILES string of the molecule is O=C1NC(=Nc2ccccc2)SC1=Cc1ccc(OC(=O)c2ccccc2Cl)cc1. The van der Waals surface area contributed by atoms with Crippen molar-refractivity contribution in [1.82, 2.24) is 5.32 Å². The summed E-state index contributed by atoms with van der Waals surface area (Å²) in [6.45, 7) is 0. The number of thioether (sulfide) groups is 1. The average Bonchev–Trinajstić information content (AvgIpc) is 3.09. The van der Waals surface area contributed by atoms with Crippen LogP contribution in [0.5, 0.6) is 5.75 Å². The quantitative estimate of drug-likeness (QED) is 0.337. The van der Waals surface area contributed by atoms with Crippen LogP contribution < -0.4 is 10.1 Å². The Morgan fingerprint density at radius 2 is 1.67 bits per heavy atom. The number of hydrogen-bond acceptors (Lipinski definition) is 5. The van der Waals surface area contributed by atoms with Crippen molar-refractivity contribution < 1.29 is 14.3 Å².